The summed E-state index contributed by atoms with van der Waals surface area (Å²) in [6.07, 6.45) is 10.0. The summed E-state index contributed by atoms with van der Waals surface area (Å²) in [6.45, 7) is 5.11. The van der Waals surface area contributed by atoms with Crippen molar-refractivity contribution < 1.29 is 13.7 Å². The minimum Gasteiger partial charge on any atom is -0.353 e. The van der Waals surface area contributed by atoms with Crippen molar-refractivity contribution in [2.24, 2.45) is 4.36 Å². The van der Waals surface area contributed by atoms with Gasteiger partial charge in [0.15, 0.2) is 6.29 Å². The molecule has 1 aliphatic rings. The van der Waals surface area contributed by atoms with Crippen molar-refractivity contribution in [3.63, 3.8) is 0 Å². The Morgan fingerprint density at radius 1 is 1.56 bits per heavy atom. The van der Waals surface area contributed by atoms with E-state index < -0.39 is 14.5 Å². The molecule has 0 aliphatic carbocycles. The molecule has 1 fully saturated rings. The van der Waals surface area contributed by atoms with Crippen molar-refractivity contribution in [1.82, 2.24) is 0 Å². The van der Waals surface area contributed by atoms with E-state index in [0.717, 1.165) is 25.9 Å². The molecule has 4 nitrogen and oxygen atoms in total. The quantitative estimate of drug-likeness (QED) is 0.569. The second-order valence-electron chi connectivity index (χ2n) is 4.98. The van der Waals surface area contributed by atoms with Crippen molar-refractivity contribution in [3.8, 4) is 12.3 Å². The number of hydrogen-bond acceptors (Lipinski definition) is 4. The molecule has 0 aromatic carbocycles. The van der Waals surface area contributed by atoms with Gasteiger partial charge in [0.05, 0.1) is 22.9 Å². The third-order valence-corrected chi connectivity index (χ3v) is 5.85. The molecular weight excluding hydrogens is 250 g/mol. The van der Waals surface area contributed by atoms with Gasteiger partial charge in [-0.3, -0.25) is 0 Å². The molecule has 0 spiro atoms. The summed E-state index contributed by atoms with van der Waals surface area (Å²) in [6, 6.07) is 0. The second-order valence-corrected chi connectivity index (χ2v) is 7.86. The van der Waals surface area contributed by atoms with Gasteiger partial charge < -0.3 is 9.47 Å². The van der Waals surface area contributed by atoms with E-state index in [0.29, 0.717) is 13.2 Å². The molecular formula is C13H23NO3S. The Bertz CT molecular complexity index is 410. The Morgan fingerprint density at radius 3 is 2.83 bits per heavy atom. The van der Waals surface area contributed by atoms with Crippen LogP contribution in [-0.2, 0) is 19.2 Å². The van der Waals surface area contributed by atoms with Gasteiger partial charge in [0.1, 0.15) is 4.75 Å². The fourth-order valence-electron chi connectivity index (χ4n) is 1.51. The zero-order valence-electron chi connectivity index (χ0n) is 11.5. The summed E-state index contributed by atoms with van der Waals surface area (Å²) >= 11 is 0. The summed E-state index contributed by atoms with van der Waals surface area (Å²) in [5.74, 6) is 2.54. The maximum absolute atomic E-state index is 12.3. The van der Waals surface area contributed by atoms with Crippen molar-refractivity contribution in [2.45, 2.75) is 44.1 Å². The molecule has 0 aromatic rings. The topological polar surface area (TPSA) is 47.9 Å². The zero-order chi connectivity index (χ0) is 13.6. The minimum absolute atomic E-state index is 0.123. The number of ether oxygens (including phenoxy) is 2. The lowest BCUT2D eigenvalue weighted by Crippen LogP contribution is -2.29. The first kappa shape index (κ1) is 15.5. The summed E-state index contributed by atoms with van der Waals surface area (Å²) in [5.41, 5.74) is 0. The third-order valence-electron chi connectivity index (χ3n) is 3.17. The summed E-state index contributed by atoms with van der Waals surface area (Å²) in [4.78, 5) is 0. The van der Waals surface area contributed by atoms with E-state index in [1.807, 2.05) is 0 Å². The molecule has 1 rings (SSSR count). The van der Waals surface area contributed by atoms with Gasteiger partial charge in [-0.15, -0.1) is 6.42 Å². The molecule has 0 bridgehead atoms. The fourth-order valence-corrected chi connectivity index (χ4v) is 2.47. The molecule has 104 valence electrons. The summed E-state index contributed by atoms with van der Waals surface area (Å²) in [7, 11) is -2.39. The van der Waals surface area contributed by atoms with E-state index in [-0.39, 0.29) is 6.29 Å². The van der Waals surface area contributed by atoms with Gasteiger partial charge in [0.2, 0.25) is 0 Å². The van der Waals surface area contributed by atoms with Crippen molar-refractivity contribution in [1.29, 1.82) is 0 Å². The average molecular weight is 273 g/mol. The monoisotopic (exact) mass is 273 g/mol. The van der Waals surface area contributed by atoms with Crippen molar-refractivity contribution >= 4 is 9.73 Å². The molecule has 0 saturated carbocycles. The summed E-state index contributed by atoms with van der Waals surface area (Å²) in [5, 5.41) is 0. The molecule has 0 amide bonds. The lowest BCUT2D eigenvalue weighted by Gasteiger charge is -2.23. The van der Waals surface area contributed by atoms with Crippen LogP contribution in [0.1, 0.15) is 33.1 Å². The standard InChI is InChI=1S/C13H23NO3S/c1-5-13(2,3)18(4,15)14-9-11-17-12-8-6-7-10-16-12/h1,12H,6-11H2,2-4H3. The highest BCUT2D eigenvalue weighted by Gasteiger charge is 2.25. The number of nitrogens with zero attached hydrogens (tertiary/aromatic N) is 1. The molecule has 2 atom stereocenters. The second kappa shape index (κ2) is 6.55. The van der Waals surface area contributed by atoms with E-state index in [1.54, 1.807) is 20.1 Å². The molecule has 5 heteroatoms. The summed E-state index contributed by atoms with van der Waals surface area (Å²) < 4.78 is 26.7. The normalized spacial score (nSPS) is 24.0. The Balaban J connectivity index is 2.40. The van der Waals surface area contributed by atoms with Gasteiger partial charge in [-0.2, -0.15) is 0 Å². The molecule has 0 radical (unpaired) electrons. The van der Waals surface area contributed by atoms with Crippen LogP contribution in [0.25, 0.3) is 0 Å². The van der Waals surface area contributed by atoms with Crippen LogP contribution in [-0.4, -0.2) is 41.3 Å². The van der Waals surface area contributed by atoms with Crippen LogP contribution >= 0.6 is 0 Å². The van der Waals surface area contributed by atoms with Crippen molar-refractivity contribution in [2.75, 3.05) is 26.0 Å². The highest BCUT2D eigenvalue weighted by atomic mass is 32.2. The highest BCUT2D eigenvalue weighted by molar-refractivity contribution is 7.94. The Labute approximate surface area is 111 Å². The predicted octanol–water partition coefficient (Wildman–Crippen LogP) is 2.04. The maximum Gasteiger partial charge on any atom is 0.157 e. The van der Waals surface area contributed by atoms with E-state index in [4.69, 9.17) is 15.9 Å². The molecule has 1 saturated heterocycles. The van der Waals surface area contributed by atoms with Gasteiger partial charge in [0, 0.05) is 12.9 Å². The van der Waals surface area contributed by atoms with Crippen LogP contribution in [0.15, 0.2) is 4.36 Å². The van der Waals surface area contributed by atoms with E-state index in [2.05, 4.69) is 10.3 Å². The van der Waals surface area contributed by atoms with E-state index in [9.17, 15) is 4.21 Å². The molecule has 0 aromatic heterocycles. The van der Waals surface area contributed by atoms with Crippen LogP contribution in [0.3, 0.4) is 0 Å². The molecule has 0 N–H and O–H groups in total. The van der Waals surface area contributed by atoms with Gasteiger partial charge in [0.25, 0.3) is 0 Å². The minimum atomic E-state index is -2.39. The SMILES string of the molecule is C#CC(C)(C)S(C)(=O)=NCCOC1CCCCO1. The lowest BCUT2D eigenvalue weighted by atomic mass is 10.2. The van der Waals surface area contributed by atoms with Gasteiger partial charge in [-0.1, -0.05) is 5.92 Å². The third kappa shape index (κ3) is 4.27. The zero-order valence-corrected chi connectivity index (χ0v) is 12.3. The first-order valence-corrected chi connectivity index (χ1v) is 8.20. The van der Waals surface area contributed by atoms with E-state index >= 15 is 0 Å². The van der Waals surface area contributed by atoms with Crippen LogP contribution in [0.2, 0.25) is 0 Å². The molecule has 18 heavy (non-hydrogen) atoms. The van der Waals surface area contributed by atoms with Crippen LogP contribution < -0.4 is 0 Å². The van der Waals surface area contributed by atoms with Gasteiger partial charge in [-0.25, -0.2) is 8.57 Å². The van der Waals surface area contributed by atoms with Gasteiger partial charge in [-0.05, 0) is 33.1 Å². The number of rotatable bonds is 5. The smallest absolute Gasteiger partial charge is 0.157 e. The average Bonchev–Trinajstić information content (AvgIpc) is 2.36. The fraction of sp³-hybridized carbons (Fsp3) is 0.846. The number of hydrogen-bond donors (Lipinski definition) is 0. The van der Waals surface area contributed by atoms with Crippen LogP contribution in [0.4, 0.5) is 0 Å². The largest absolute Gasteiger partial charge is 0.353 e. The first-order chi connectivity index (χ1) is 8.39. The Kier molecular flexibility index (Phi) is 5.64. The van der Waals surface area contributed by atoms with Crippen LogP contribution in [0.5, 0.6) is 0 Å². The number of terminal acetylenes is 1. The van der Waals surface area contributed by atoms with Gasteiger partial charge >= 0.3 is 0 Å². The molecule has 1 aliphatic heterocycles. The molecule has 2 unspecified atom stereocenters. The van der Waals surface area contributed by atoms with Crippen molar-refractivity contribution in [3.05, 3.63) is 0 Å². The Morgan fingerprint density at radius 2 is 2.28 bits per heavy atom. The first-order valence-electron chi connectivity index (χ1n) is 6.27. The van der Waals surface area contributed by atoms with E-state index in [1.165, 1.54) is 0 Å². The highest BCUT2D eigenvalue weighted by Crippen LogP contribution is 2.17. The predicted molar refractivity (Wildman–Crippen MR) is 73.8 cm³/mol. The molecule has 1 heterocycles. The lowest BCUT2D eigenvalue weighted by molar-refractivity contribution is -0.160. The van der Waals surface area contributed by atoms with Crippen LogP contribution in [0, 0.1) is 12.3 Å². The maximum atomic E-state index is 12.3. The Hall–Kier alpha value is -0.570.